The molecular weight excluding hydrogens is 325 g/mol. The van der Waals surface area contributed by atoms with Gasteiger partial charge in [-0.05, 0) is 24.6 Å². The van der Waals surface area contributed by atoms with E-state index < -0.39 is 17.8 Å². The van der Waals surface area contributed by atoms with Crippen molar-refractivity contribution >= 4 is 5.78 Å². The number of halogens is 3. The molecule has 0 bridgehead atoms. The molecule has 0 amide bonds. The summed E-state index contributed by atoms with van der Waals surface area (Å²) >= 11 is 0. The molecule has 0 spiro atoms. The van der Waals surface area contributed by atoms with Crippen LogP contribution in [-0.4, -0.2) is 24.3 Å². The third kappa shape index (κ3) is 2.90. The highest BCUT2D eigenvalue weighted by atomic mass is 19.4. The van der Waals surface area contributed by atoms with Crippen molar-refractivity contribution in [1.82, 2.24) is 19.2 Å². The Morgan fingerprint density at radius 3 is 2.54 bits per heavy atom. The molecule has 0 fully saturated rings. The van der Waals surface area contributed by atoms with Crippen LogP contribution < -0.4 is 5.56 Å². The highest BCUT2D eigenvalue weighted by molar-refractivity contribution is 5.31. The Hall–Kier alpha value is -2.68. The first-order valence-corrected chi connectivity index (χ1v) is 7.03. The Balaban J connectivity index is 1.92. The summed E-state index contributed by atoms with van der Waals surface area (Å²) in [6.45, 7) is 1.70. The number of aromatic nitrogens is 4. The molecule has 3 rings (SSSR count). The van der Waals surface area contributed by atoms with Gasteiger partial charge in [-0.25, -0.2) is 0 Å². The van der Waals surface area contributed by atoms with Gasteiger partial charge < -0.3 is 9.67 Å². The predicted molar refractivity (Wildman–Crippen MR) is 78.4 cm³/mol. The van der Waals surface area contributed by atoms with Crippen molar-refractivity contribution in [3.8, 4) is 0 Å². The first-order chi connectivity index (χ1) is 11.3. The van der Waals surface area contributed by atoms with Crippen LogP contribution in [0.3, 0.4) is 0 Å². The fraction of sp³-hybridized carbons (Fsp3) is 0.267. The number of aryl methyl sites for hydroxylation is 1. The third-order valence-corrected chi connectivity index (χ3v) is 3.72. The van der Waals surface area contributed by atoms with Crippen molar-refractivity contribution in [2.75, 3.05) is 0 Å². The molecule has 6 nitrogen and oxygen atoms in total. The number of nitrogens with zero attached hydrogens (tertiary/aromatic N) is 4. The molecule has 2 heterocycles. The summed E-state index contributed by atoms with van der Waals surface area (Å²) in [5, 5.41) is 14.1. The van der Waals surface area contributed by atoms with E-state index in [-0.39, 0.29) is 17.9 Å². The Labute approximate surface area is 133 Å². The summed E-state index contributed by atoms with van der Waals surface area (Å²) in [7, 11) is 0. The zero-order valence-electron chi connectivity index (χ0n) is 12.5. The highest BCUT2D eigenvalue weighted by Crippen LogP contribution is 2.30. The number of benzene rings is 1. The maximum Gasteiger partial charge on any atom is 0.416 e. The molecule has 1 N–H and O–H groups in total. The molecular formula is C15H13F3N4O2. The second-order valence-electron chi connectivity index (χ2n) is 5.34. The van der Waals surface area contributed by atoms with E-state index in [9.17, 15) is 23.1 Å². The summed E-state index contributed by atoms with van der Waals surface area (Å²) in [6.07, 6.45) is -4.27. The van der Waals surface area contributed by atoms with Gasteiger partial charge in [0, 0.05) is 11.8 Å². The van der Waals surface area contributed by atoms with Gasteiger partial charge in [-0.2, -0.15) is 27.8 Å². The van der Waals surface area contributed by atoms with E-state index in [1.807, 2.05) is 0 Å². The molecule has 3 aromatic rings. The molecule has 24 heavy (non-hydrogen) atoms. The lowest BCUT2D eigenvalue weighted by atomic mass is 10.1. The van der Waals surface area contributed by atoms with Crippen LogP contribution in [0.15, 0.2) is 41.5 Å². The quantitative estimate of drug-likeness (QED) is 0.792. The average Bonchev–Trinajstić information content (AvgIpc) is 3.00. The van der Waals surface area contributed by atoms with Crippen molar-refractivity contribution in [2.24, 2.45) is 0 Å². The minimum atomic E-state index is -4.42. The number of fused-ring (bicyclic) bond motifs is 1. The van der Waals surface area contributed by atoms with E-state index in [0.717, 1.165) is 16.6 Å². The highest BCUT2D eigenvalue weighted by Gasteiger charge is 2.30. The molecule has 1 atom stereocenters. The lowest BCUT2D eigenvalue weighted by Crippen LogP contribution is -2.22. The van der Waals surface area contributed by atoms with E-state index in [4.69, 9.17) is 0 Å². The summed E-state index contributed by atoms with van der Waals surface area (Å²) in [6, 6.07) is 5.65. The second-order valence-corrected chi connectivity index (χ2v) is 5.34. The van der Waals surface area contributed by atoms with E-state index in [0.29, 0.717) is 11.3 Å². The summed E-state index contributed by atoms with van der Waals surface area (Å²) in [4.78, 5) is 15.8. The average molecular weight is 338 g/mol. The fourth-order valence-electron chi connectivity index (χ4n) is 2.45. The molecule has 0 saturated heterocycles. The Kier molecular flexibility index (Phi) is 3.88. The number of rotatable bonds is 3. The van der Waals surface area contributed by atoms with E-state index in [2.05, 4.69) is 10.1 Å². The van der Waals surface area contributed by atoms with Gasteiger partial charge in [-0.15, -0.1) is 0 Å². The largest absolute Gasteiger partial charge is 0.416 e. The molecule has 2 aromatic heterocycles. The normalized spacial score (nSPS) is 13.4. The van der Waals surface area contributed by atoms with Crippen LogP contribution in [0.5, 0.6) is 0 Å². The van der Waals surface area contributed by atoms with Crippen LogP contribution >= 0.6 is 0 Å². The Morgan fingerprint density at radius 1 is 1.25 bits per heavy atom. The van der Waals surface area contributed by atoms with Crippen molar-refractivity contribution in [2.45, 2.75) is 25.7 Å². The molecule has 0 aliphatic rings. The van der Waals surface area contributed by atoms with Crippen LogP contribution in [0.1, 0.15) is 22.9 Å². The Bertz CT molecular complexity index is 929. The number of hydrogen-bond donors (Lipinski definition) is 1. The van der Waals surface area contributed by atoms with Gasteiger partial charge in [0.1, 0.15) is 6.33 Å². The van der Waals surface area contributed by atoms with Gasteiger partial charge >= 0.3 is 6.18 Å². The van der Waals surface area contributed by atoms with Crippen LogP contribution in [0.25, 0.3) is 5.78 Å². The van der Waals surface area contributed by atoms with Crippen molar-refractivity contribution in [3.05, 3.63) is 63.8 Å². The molecule has 0 saturated carbocycles. The molecule has 0 aliphatic carbocycles. The maximum absolute atomic E-state index is 12.6. The molecule has 0 radical (unpaired) electrons. The first-order valence-electron chi connectivity index (χ1n) is 7.03. The summed E-state index contributed by atoms with van der Waals surface area (Å²) < 4.78 is 40.4. The molecule has 0 aliphatic heterocycles. The van der Waals surface area contributed by atoms with E-state index in [1.54, 1.807) is 11.5 Å². The van der Waals surface area contributed by atoms with Crippen molar-refractivity contribution in [1.29, 1.82) is 0 Å². The van der Waals surface area contributed by atoms with Crippen LogP contribution in [-0.2, 0) is 12.7 Å². The summed E-state index contributed by atoms with van der Waals surface area (Å²) in [5.74, 6) is 0.256. The van der Waals surface area contributed by atoms with E-state index >= 15 is 0 Å². The molecule has 9 heteroatoms. The lowest BCUT2D eigenvalue weighted by Gasteiger charge is -2.17. The fourth-order valence-corrected chi connectivity index (χ4v) is 2.45. The van der Waals surface area contributed by atoms with Gasteiger partial charge in [-0.1, -0.05) is 12.1 Å². The standard InChI is InChI=1S/C15H13F3N4O2/c1-9-6-13(24)22-14(19-8-20-22)21(9)7-12(23)10-2-4-11(5-3-10)15(16,17)18/h2-6,8,12,23H,7H2,1H3. The van der Waals surface area contributed by atoms with Crippen molar-refractivity contribution in [3.63, 3.8) is 0 Å². The number of aliphatic hydroxyl groups excluding tert-OH is 1. The molecule has 1 unspecified atom stereocenters. The minimum absolute atomic E-state index is 0.0275. The number of alkyl halides is 3. The van der Waals surface area contributed by atoms with E-state index in [1.165, 1.54) is 24.5 Å². The van der Waals surface area contributed by atoms with Gasteiger partial charge in [0.2, 0.25) is 5.78 Å². The lowest BCUT2D eigenvalue weighted by molar-refractivity contribution is -0.137. The van der Waals surface area contributed by atoms with Gasteiger partial charge in [0.15, 0.2) is 0 Å². The third-order valence-electron chi connectivity index (χ3n) is 3.72. The second kappa shape index (κ2) is 5.75. The zero-order valence-corrected chi connectivity index (χ0v) is 12.5. The molecule has 1 aromatic carbocycles. The number of hydrogen-bond acceptors (Lipinski definition) is 4. The summed E-state index contributed by atoms with van der Waals surface area (Å²) in [5.41, 5.74) is -0.233. The van der Waals surface area contributed by atoms with Crippen LogP contribution in [0, 0.1) is 6.92 Å². The predicted octanol–water partition coefficient (Wildman–Crippen LogP) is 1.95. The first kappa shape index (κ1) is 16.2. The minimum Gasteiger partial charge on any atom is -0.387 e. The topological polar surface area (TPSA) is 72.4 Å². The van der Waals surface area contributed by atoms with Gasteiger partial charge in [0.25, 0.3) is 5.56 Å². The van der Waals surface area contributed by atoms with Crippen LogP contribution in [0.4, 0.5) is 13.2 Å². The van der Waals surface area contributed by atoms with Gasteiger partial charge in [0.05, 0.1) is 18.2 Å². The van der Waals surface area contributed by atoms with Crippen LogP contribution in [0.2, 0.25) is 0 Å². The SMILES string of the molecule is Cc1cc(=O)n2ncnc2n1CC(O)c1ccc(C(F)(F)F)cc1. The smallest absolute Gasteiger partial charge is 0.387 e. The zero-order chi connectivity index (χ0) is 17.5. The van der Waals surface area contributed by atoms with Gasteiger partial charge in [-0.3, -0.25) is 4.79 Å². The Morgan fingerprint density at radius 2 is 1.92 bits per heavy atom. The monoisotopic (exact) mass is 338 g/mol. The van der Waals surface area contributed by atoms with Crippen molar-refractivity contribution < 1.29 is 18.3 Å². The number of aliphatic hydroxyl groups is 1. The molecule has 126 valence electrons. The maximum atomic E-state index is 12.6.